The quantitative estimate of drug-likeness (QED) is 0.0262. The number of rotatable bonds is 47. The van der Waals surface area contributed by atoms with Crippen LogP contribution in [0.1, 0.15) is 252 Å². The van der Waals surface area contributed by atoms with Crippen molar-refractivity contribution >= 4 is 17.9 Å². The maximum atomic E-state index is 12.8. The molecule has 6 heteroatoms. The van der Waals surface area contributed by atoms with Crippen molar-refractivity contribution in [1.82, 2.24) is 0 Å². The third-order valence-electron chi connectivity index (χ3n) is 11.1. The molecule has 362 valence electrons. The molecule has 6 nitrogen and oxygen atoms in total. The number of unbranched alkanes of at least 4 members (excludes halogenated alkanes) is 24. The Morgan fingerprint density at radius 3 is 1.06 bits per heavy atom. The lowest BCUT2D eigenvalue weighted by Crippen LogP contribution is -2.30. The molecule has 0 amide bonds. The first-order valence-corrected chi connectivity index (χ1v) is 26.4. The molecule has 63 heavy (non-hydrogen) atoms. The van der Waals surface area contributed by atoms with Crippen LogP contribution >= 0.6 is 0 Å². The molecule has 0 aromatic carbocycles. The first-order chi connectivity index (χ1) is 31.0. The maximum Gasteiger partial charge on any atom is 0.306 e. The minimum absolute atomic E-state index is 0.0929. The summed E-state index contributed by atoms with van der Waals surface area (Å²) in [6.45, 7) is 6.42. The molecule has 0 aliphatic heterocycles. The van der Waals surface area contributed by atoms with E-state index in [4.69, 9.17) is 14.2 Å². The molecular formula is C57H98O6. The van der Waals surface area contributed by atoms with Gasteiger partial charge >= 0.3 is 17.9 Å². The predicted octanol–water partition coefficient (Wildman–Crippen LogP) is 17.4. The molecule has 0 heterocycles. The van der Waals surface area contributed by atoms with Crippen LogP contribution in [0, 0.1) is 0 Å². The van der Waals surface area contributed by atoms with Crippen molar-refractivity contribution in [2.45, 2.75) is 258 Å². The summed E-state index contributed by atoms with van der Waals surface area (Å²) in [7, 11) is 0. The van der Waals surface area contributed by atoms with Crippen molar-refractivity contribution in [3.05, 3.63) is 72.9 Å². The van der Waals surface area contributed by atoms with E-state index in [1.54, 1.807) is 0 Å². The molecule has 0 aliphatic carbocycles. The number of allylic oxidation sites excluding steroid dienone is 12. The van der Waals surface area contributed by atoms with Crippen LogP contribution in [0.15, 0.2) is 72.9 Å². The van der Waals surface area contributed by atoms with E-state index in [1.165, 1.54) is 96.3 Å². The van der Waals surface area contributed by atoms with Crippen LogP contribution in [0.5, 0.6) is 0 Å². The van der Waals surface area contributed by atoms with Crippen molar-refractivity contribution < 1.29 is 28.6 Å². The van der Waals surface area contributed by atoms with Gasteiger partial charge in [0.1, 0.15) is 13.2 Å². The summed E-state index contributed by atoms with van der Waals surface area (Å²) in [4.78, 5) is 38.0. The number of carbonyl (C=O) groups excluding carboxylic acids is 3. The zero-order chi connectivity index (χ0) is 45.8. The van der Waals surface area contributed by atoms with Crippen LogP contribution in [-0.2, 0) is 28.6 Å². The van der Waals surface area contributed by atoms with Gasteiger partial charge in [0, 0.05) is 19.3 Å². The molecule has 0 spiro atoms. The van der Waals surface area contributed by atoms with Gasteiger partial charge in [-0.25, -0.2) is 0 Å². The third kappa shape index (κ3) is 49.7. The van der Waals surface area contributed by atoms with Crippen molar-refractivity contribution in [2.75, 3.05) is 13.2 Å². The number of carbonyl (C=O) groups is 3. The molecule has 0 rings (SSSR count). The van der Waals surface area contributed by atoms with Gasteiger partial charge in [-0.05, 0) is 103 Å². The zero-order valence-corrected chi connectivity index (χ0v) is 41.3. The highest BCUT2D eigenvalue weighted by Gasteiger charge is 2.19. The normalized spacial score (nSPS) is 12.6. The smallest absolute Gasteiger partial charge is 0.306 e. The monoisotopic (exact) mass is 879 g/mol. The Hall–Kier alpha value is -3.15. The fraction of sp³-hybridized carbons (Fsp3) is 0.737. The minimum Gasteiger partial charge on any atom is -0.462 e. The molecule has 0 saturated heterocycles. The first kappa shape index (κ1) is 59.9. The van der Waals surface area contributed by atoms with Gasteiger partial charge in [-0.2, -0.15) is 0 Å². The number of esters is 3. The van der Waals surface area contributed by atoms with E-state index < -0.39 is 6.10 Å². The highest BCUT2D eigenvalue weighted by Crippen LogP contribution is 2.14. The fourth-order valence-corrected chi connectivity index (χ4v) is 7.19. The van der Waals surface area contributed by atoms with Gasteiger partial charge in [0.25, 0.3) is 0 Å². The molecule has 0 saturated carbocycles. The van der Waals surface area contributed by atoms with E-state index >= 15 is 0 Å². The lowest BCUT2D eigenvalue weighted by molar-refractivity contribution is -0.167. The largest absolute Gasteiger partial charge is 0.462 e. The summed E-state index contributed by atoms with van der Waals surface area (Å²) in [6.07, 6.45) is 64.6. The van der Waals surface area contributed by atoms with E-state index in [1.807, 2.05) is 0 Å². The Balaban J connectivity index is 4.38. The molecule has 1 unspecified atom stereocenters. The lowest BCUT2D eigenvalue weighted by Gasteiger charge is -2.18. The molecule has 0 fully saturated rings. The Morgan fingerprint density at radius 1 is 0.333 bits per heavy atom. The van der Waals surface area contributed by atoms with Crippen molar-refractivity contribution in [3.8, 4) is 0 Å². The lowest BCUT2D eigenvalue weighted by atomic mass is 10.1. The number of ether oxygens (including phenoxy) is 3. The van der Waals surface area contributed by atoms with Crippen LogP contribution in [0.4, 0.5) is 0 Å². The molecule has 0 bridgehead atoms. The predicted molar refractivity (Wildman–Crippen MR) is 270 cm³/mol. The first-order valence-electron chi connectivity index (χ1n) is 26.4. The molecule has 0 radical (unpaired) electrons. The molecule has 0 aliphatic rings. The third-order valence-corrected chi connectivity index (χ3v) is 11.1. The highest BCUT2D eigenvalue weighted by atomic mass is 16.6. The van der Waals surface area contributed by atoms with Gasteiger partial charge in [0.05, 0.1) is 0 Å². The molecule has 1 atom stereocenters. The van der Waals surface area contributed by atoms with Gasteiger partial charge in [0.2, 0.25) is 0 Å². The van der Waals surface area contributed by atoms with Crippen molar-refractivity contribution in [1.29, 1.82) is 0 Å². The van der Waals surface area contributed by atoms with E-state index in [2.05, 4.69) is 93.7 Å². The van der Waals surface area contributed by atoms with Crippen molar-refractivity contribution in [2.24, 2.45) is 0 Å². The SMILES string of the molecule is CC/C=C\C/C=C\C/C=C\CCCCCC(=O)OC(COC(=O)CCCCCCC/C=C\C/C=C\CCC)COC(=O)CCCCCCCCCCC/C=C\CCCCCCCC. The van der Waals surface area contributed by atoms with Crippen LogP contribution in [-0.4, -0.2) is 37.2 Å². The fourth-order valence-electron chi connectivity index (χ4n) is 7.19. The second kappa shape index (κ2) is 51.5. The molecule has 0 N–H and O–H groups in total. The Labute approximate surface area is 389 Å². The highest BCUT2D eigenvalue weighted by molar-refractivity contribution is 5.71. The van der Waals surface area contributed by atoms with Gasteiger partial charge < -0.3 is 14.2 Å². The van der Waals surface area contributed by atoms with Gasteiger partial charge in [-0.3, -0.25) is 14.4 Å². The summed E-state index contributed by atoms with van der Waals surface area (Å²) < 4.78 is 16.8. The zero-order valence-electron chi connectivity index (χ0n) is 41.3. The van der Waals surface area contributed by atoms with Crippen LogP contribution < -0.4 is 0 Å². The second-order valence-corrected chi connectivity index (χ2v) is 17.4. The van der Waals surface area contributed by atoms with Gasteiger partial charge in [-0.15, -0.1) is 0 Å². The summed E-state index contributed by atoms with van der Waals surface area (Å²) in [5, 5.41) is 0. The average molecular weight is 879 g/mol. The molecule has 0 aromatic rings. The molecule has 0 aromatic heterocycles. The summed E-state index contributed by atoms with van der Waals surface area (Å²) >= 11 is 0. The van der Waals surface area contributed by atoms with E-state index in [0.717, 1.165) is 116 Å². The van der Waals surface area contributed by atoms with Crippen LogP contribution in [0.3, 0.4) is 0 Å². The summed E-state index contributed by atoms with van der Waals surface area (Å²) in [5.74, 6) is -0.938. The van der Waals surface area contributed by atoms with E-state index in [9.17, 15) is 14.4 Å². The topological polar surface area (TPSA) is 78.9 Å². The molecular weight excluding hydrogens is 781 g/mol. The maximum absolute atomic E-state index is 12.8. The van der Waals surface area contributed by atoms with E-state index in [-0.39, 0.29) is 31.1 Å². The Bertz CT molecular complexity index is 1190. The summed E-state index contributed by atoms with van der Waals surface area (Å²) in [6, 6.07) is 0. The second-order valence-electron chi connectivity index (χ2n) is 17.4. The average Bonchev–Trinajstić information content (AvgIpc) is 3.28. The van der Waals surface area contributed by atoms with Crippen LogP contribution in [0.25, 0.3) is 0 Å². The standard InChI is InChI=1S/C57H98O6/c1-4-7-10-13-16-19-22-25-26-27-28-29-30-33-35-38-41-44-47-50-56(59)62-53-54(63-57(60)51-48-45-42-39-36-32-24-21-18-15-12-9-6-3)52-61-55(58)49-46-43-40-37-34-31-23-20-17-14-11-8-5-2/h9,11-12,14,18,20-21,23,25-26,32,36,54H,4-8,10,13,15-17,19,22,24,27-31,33-35,37-53H2,1-3H3/b12-9-,14-11-,21-18-,23-20-,26-25-,36-32-. The Morgan fingerprint density at radius 2 is 0.651 bits per heavy atom. The van der Waals surface area contributed by atoms with E-state index in [0.29, 0.717) is 19.3 Å². The number of hydrogen-bond acceptors (Lipinski definition) is 6. The van der Waals surface area contributed by atoms with Gasteiger partial charge in [-0.1, -0.05) is 203 Å². The Kier molecular flexibility index (Phi) is 48.9. The van der Waals surface area contributed by atoms with Crippen LogP contribution in [0.2, 0.25) is 0 Å². The minimum atomic E-state index is -0.796. The van der Waals surface area contributed by atoms with Gasteiger partial charge in [0.15, 0.2) is 6.10 Å². The summed E-state index contributed by atoms with van der Waals surface area (Å²) in [5.41, 5.74) is 0. The van der Waals surface area contributed by atoms with Crippen molar-refractivity contribution in [3.63, 3.8) is 0 Å². The number of hydrogen-bond donors (Lipinski definition) is 0.